The molecular formula is C20H22F2N2O6. The summed E-state index contributed by atoms with van der Waals surface area (Å²) < 4.78 is 34.3. The van der Waals surface area contributed by atoms with E-state index in [2.05, 4.69) is 10.1 Å². The standard InChI is InChI=1S/C20H22F2N2O6/c1-11(17(26)23-14-8-4-5-9-15(14)30-20(21)22)29-16(25)10-24-18(27)12-6-2-3-7-13(12)19(24)28/h4-5,8-9,11-13,20H,2-3,6-7,10H2,1H3,(H,23,26). The third-order valence-electron chi connectivity index (χ3n) is 5.26. The number of rotatable bonds is 7. The van der Waals surface area contributed by atoms with Gasteiger partial charge in [0.2, 0.25) is 11.8 Å². The van der Waals surface area contributed by atoms with Gasteiger partial charge in [0.05, 0.1) is 17.5 Å². The number of esters is 1. The zero-order valence-electron chi connectivity index (χ0n) is 16.3. The molecule has 1 N–H and O–H groups in total. The number of anilines is 1. The number of hydrogen-bond donors (Lipinski definition) is 1. The van der Waals surface area contributed by atoms with Gasteiger partial charge in [0, 0.05) is 0 Å². The van der Waals surface area contributed by atoms with Gasteiger partial charge in [-0.15, -0.1) is 0 Å². The first-order chi connectivity index (χ1) is 14.3. The average molecular weight is 424 g/mol. The highest BCUT2D eigenvalue weighted by Crippen LogP contribution is 2.37. The van der Waals surface area contributed by atoms with Crippen LogP contribution in [0.15, 0.2) is 24.3 Å². The molecule has 3 rings (SSSR count). The molecule has 0 bridgehead atoms. The van der Waals surface area contributed by atoms with E-state index < -0.39 is 31.1 Å². The summed E-state index contributed by atoms with van der Waals surface area (Å²) in [6, 6.07) is 5.57. The minimum Gasteiger partial charge on any atom is -0.451 e. The van der Waals surface area contributed by atoms with Crippen LogP contribution < -0.4 is 10.1 Å². The molecule has 162 valence electrons. The van der Waals surface area contributed by atoms with Crippen molar-refractivity contribution in [3.63, 3.8) is 0 Å². The summed E-state index contributed by atoms with van der Waals surface area (Å²) in [5.41, 5.74) is -0.0142. The summed E-state index contributed by atoms with van der Waals surface area (Å²) in [6.45, 7) is -2.34. The summed E-state index contributed by atoms with van der Waals surface area (Å²) in [6.07, 6.45) is 1.70. The van der Waals surface area contributed by atoms with Gasteiger partial charge in [-0.3, -0.25) is 24.1 Å². The van der Waals surface area contributed by atoms with Crippen LogP contribution in [-0.4, -0.2) is 47.9 Å². The van der Waals surface area contributed by atoms with E-state index in [1.807, 2.05) is 0 Å². The Balaban J connectivity index is 1.56. The molecule has 0 radical (unpaired) electrons. The number of fused-ring (bicyclic) bond motifs is 1. The molecule has 0 aromatic heterocycles. The second kappa shape index (κ2) is 9.19. The summed E-state index contributed by atoms with van der Waals surface area (Å²) in [4.78, 5) is 50.2. The van der Waals surface area contributed by atoms with Crippen LogP contribution in [-0.2, 0) is 23.9 Å². The largest absolute Gasteiger partial charge is 0.451 e. The molecule has 3 amide bonds. The van der Waals surface area contributed by atoms with Gasteiger partial charge in [0.1, 0.15) is 12.3 Å². The Morgan fingerprint density at radius 2 is 1.73 bits per heavy atom. The molecule has 1 aliphatic carbocycles. The first kappa shape index (κ1) is 21.7. The minimum absolute atomic E-state index is 0.0142. The van der Waals surface area contributed by atoms with Crippen molar-refractivity contribution in [3.05, 3.63) is 24.3 Å². The van der Waals surface area contributed by atoms with Crippen molar-refractivity contribution in [3.8, 4) is 5.75 Å². The minimum atomic E-state index is -3.07. The van der Waals surface area contributed by atoms with Crippen molar-refractivity contribution in [2.24, 2.45) is 11.8 Å². The zero-order chi connectivity index (χ0) is 21.8. The van der Waals surface area contributed by atoms with Crippen molar-refractivity contribution < 1.29 is 37.4 Å². The smallest absolute Gasteiger partial charge is 0.387 e. The van der Waals surface area contributed by atoms with Gasteiger partial charge in [-0.1, -0.05) is 25.0 Å². The number of carbonyl (C=O) groups is 4. The molecule has 3 atom stereocenters. The molecule has 2 aliphatic rings. The van der Waals surface area contributed by atoms with E-state index in [0.29, 0.717) is 12.8 Å². The lowest BCUT2D eigenvalue weighted by molar-refractivity contribution is -0.158. The van der Waals surface area contributed by atoms with E-state index in [1.165, 1.54) is 31.2 Å². The van der Waals surface area contributed by atoms with Gasteiger partial charge in [-0.05, 0) is 31.9 Å². The third-order valence-corrected chi connectivity index (χ3v) is 5.26. The number of likely N-dealkylation sites (tertiary alicyclic amines) is 1. The number of benzene rings is 1. The van der Waals surface area contributed by atoms with Crippen LogP contribution in [0.25, 0.3) is 0 Å². The quantitative estimate of drug-likeness (QED) is 0.533. The highest BCUT2D eigenvalue weighted by Gasteiger charge is 2.48. The van der Waals surface area contributed by atoms with E-state index >= 15 is 0 Å². The molecule has 1 saturated carbocycles. The number of halogens is 2. The Labute approximate surface area is 171 Å². The van der Waals surface area contributed by atoms with Crippen LogP contribution in [0.4, 0.5) is 14.5 Å². The van der Waals surface area contributed by atoms with Crippen LogP contribution in [0.1, 0.15) is 32.6 Å². The maximum absolute atomic E-state index is 12.5. The number of hydrogen-bond acceptors (Lipinski definition) is 6. The number of para-hydroxylation sites is 2. The Kier molecular flexibility index (Phi) is 6.63. The lowest BCUT2D eigenvalue weighted by atomic mass is 9.81. The van der Waals surface area contributed by atoms with E-state index in [0.717, 1.165) is 17.7 Å². The van der Waals surface area contributed by atoms with Gasteiger partial charge in [-0.25, -0.2) is 0 Å². The van der Waals surface area contributed by atoms with Gasteiger partial charge in [0.25, 0.3) is 5.91 Å². The lowest BCUT2D eigenvalue weighted by Crippen LogP contribution is -2.39. The van der Waals surface area contributed by atoms with Gasteiger partial charge >= 0.3 is 12.6 Å². The van der Waals surface area contributed by atoms with Crippen molar-refractivity contribution in [1.82, 2.24) is 4.90 Å². The second-order valence-electron chi connectivity index (χ2n) is 7.26. The topological polar surface area (TPSA) is 102 Å². The predicted molar refractivity (Wildman–Crippen MR) is 99.4 cm³/mol. The van der Waals surface area contributed by atoms with Crippen molar-refractivity contribution in [2.45, 2.75) is 45.3 Å². The van der Waals surface area contributed by atoms with E-state index in [4.69, 9.17) is 4.74 Å². The first-order valence-electron chi connectivity index (χ1n) is 9.67. The lowest BCUT2D eigenvalue weighted by Gasteiger charge is -2.19. The number of ether oxygens (including phenoxy) is 2. The van der Waals surface area contributed by atoms with Crippen molar-refractivity contribution >= 4 is 29.4 Å². The number of alkyl halides is 2. The monoisotopic (exact) mass is 424 g/mol. The summed E-state index contributed by atoms with van der Waals surface area (Å²) in [5.74, 6) is -3.45. The zero-order valence-corrected chi connectivity index (χ0v) is 16.3. The SMILES string of the molecule is CC(OC(=O)CN1C(=O)C2CCCCC2C1=O)C(=O)Nc1ccccc1OC(F)F. The Hall–Kier alpha value is -3.04. The molecule has 1 saturated heterocycles. The fourth-order valence-electron chi connectivity index (χ4n) is 3.81. The Morgan fingerprint density at radius 1 is 1.13 bits per heavy atom. The molecule has 1 aromatic rings. The number of imide groups is 1. The van der Waals surface area contributed by atoms with Gasteiger partial charge in [0.15, 0.2) is 6.10 Å². The molecule has 30 heavy (non-hydrogen) atoms. The number of nitrogens with one attached hydrogen (secondary N) is 1. The highest BCUT2D eigenvalue weighted by molar-refractivity contribution is 6.07. The molecule has 1 aromatic carbocycles. The fraction of sp³-hybridized carbons (Fsp3) is 0.500. The molecule has 3 unspecified atom stereocenters. The van der Waals surface area contributed by atoms with Crippen LogP contribution in [0.2, 0.25) is 0 Å². The maximum Gasteiger partial charge on any atom is 0.387 e. The average Bonchev–Trinajstić information content (AvgIpc) is 2.94. The molecular weight excluding hydrogens is 402 g/mol. The van der Waals surface area contributed by atoms with Crippen LogP contribution in [0.5, 0.6) is 5.75 Å². The summed E-state index contributed by atoms with van der Waals surface area (Å²) >= 11 is 0. The van der Waals surface area contributed by atoms with Crippen molar-refractivity contribution in [1.29, 1.82) is 0 Å². The predicted octanol–water partition coefficient (Wildman–Crippen LogP) is 2.33. The van der Waals surface area contributed by atoms with Crippen LogP contribution in [0, 0.1) is 11.8 Å². The van der Waals surface area contributed by atoms with Crippen LogP contribution >= 0.6 is 0 Å². The van der Waals surface area contributed by atoms with E-state index in [9.17, 15) is 28.0 Å². The second-order valence-corrected chi connectivity index (χ2v) is 7.26. The third kappa shape index (κ3) is 4.74. The molecule has 1 heterocycles. The fourth-order valence-corrected chi connectivity index (χ4v) is 3.81. The van der Waals surface area contributed by atoms with E-state index in [-0.39, 0.29) is 35.1 Å². The Bertz CT molecular complexity index is 822. The van der Waals surface area contributed by atoms with E-state index in [1.54, 1.807) is 0 Å². The maximum atomic E-state index is 12.5. The number of nitrogens with zero attached hydrogens (tertiary/aromatic N) is 1. The highest BCUT2D eigenvalue weighted by atomic mass is 19.3. The van der Waals surface area contributed by atoms with Crippen molar-refractivity contribution in [2.75, 3.05) is 11.9 Å². The number of amides is 3. The summed E-state index contributed by atoms with van der Waals surface area (Å²) in [7, 11) is 0. The van der Waals surface area contributed by atoms with Crippen LogP contribution in [0.3, 0.4) is 0 Å². The Morgan fingerprint density at radius 3 is 2.33 bits per heavy atom. The molecule has 1 aliphatic heterocycles. The van der Waals surface area contributed by atoms with Gasteiger partial charge in [-0.2, -0.15) is 8.78 Å². The first-order valence-corrected chi connectivity index (χ1v) is 9.67. The number of carbonyl (C=O) groups excluding carboxylic acids is 4. The molecule has 10 heteroatoms. The molecule has 2 fully saturated rings. The van der Waals surface area contributed by atoms with Gasteiger partial charge < -0.3 is 14.8 Å². The molecule has 0 spiro atoms. The molecule has 8 nitrogen and oxygen atoms in total. The summed E-state index contributed by atoms with van der Waals surface area (Å²) in [5, 5.41) is 2.35. The normalized spacial score (nSPS) is 21.9.